The van der Waals surface area contributed by atoms with Crippen LogP contribution < -0.4 is 0 Å². The van der Waals surface area contributed by atoms with Gasteiger partial charge in [0.05, 0.1) is 0 Å². The van der Waals surface area contributed by atoms with Crippen molar-refractivity contribution in [1.82, 2.24) is 0 Å². The van der Waals surface area contributed by atoms with E-state index in [1.807, 2.05) is 0 Å². The largest absolute Gasteiger partial charge is 0.147 e. The van der Waals surface area contributed by atoms with Crippen LogP contribution in [-0.2, 0) is 26.2 Å². The van der Waals surface area contributed by atoms with Crippen molar-refractivity contribution in [2.24, 2.45) is 0 Å². The van der Waals surface area contributed by atoms with Crippen molar-refractivity contribution in [3.8, 4) is 0 Å². The monoisotopic (exact) mass is 381 g/mol. The summed E-state index contributed by atoms with van der Waals surface area (Å²) in [4.78, 5) is 0. The van der Waals surface area contributed by atoms with Crippen LogP contribution in [0.3, 0.4) is 0 Å². The van der Waals surface area contributed by atoms with Gasteiger partial charge in [0.25, 0.3) is 0 Å². The number of halogens is 3. The molecule has 1 aliphatic rings. The van der Waals surface area contributed by atoms with Gasteiger partial charge in [0.1, 0.15) is 0 Å². The van der Waals surface area contributed by atoms with Crippen molar-refractivity contribution in [1.29, 1.82) is 0 Å². The van der Waals surface area contributed by atoms with Gasteiger partial charge in [-0.3, -0.25) is 0 Å². The summed E-state index contributed by atoms with van der Waals surface area (Å²) in [6, 6.07) is 0. The molecule has 0 aromatic carbocycles. The van der Waals surface area contributed by atoms with Crippen molar-refractivity contribution in [3.63, 3.8) is 0 Å². The fraction of sp³-hybridized carbons (Fsp3) is 0.500. The average molecular weight is 384 g/mol. The Morgan fingerprint density at radius 1 is 1.00 bits per heavy atom. The summed E-state index contributed by atoms with van der Waals surface area (Å²) < 4.78 is 3.28. The van der Waals surface area contributed by atoms with Gasteiger partial charge in [-0.25, -0.2) is 0 Å². The molecule has 0 spiro atoms. The molecule has 0 aromatic rings. The second-order valence-electron chi connectivity index (χ2n) is 2.53. The van der Waals surface area contributed by atoms with E-state index in [9.17, 15) is 0 Å². The van der Waals surface area contributed by atoms with Crippen molar-refractivity contribution < 1.29 is 26.2 Å². The Morgan fingerprint density at radius 3 is 1.46 bits per heavy atom. The third-order valence-corrected chi connectivity index (χ3v) is 4.80. The molecule has 0 nitrogen and oxygen atoms in total. The minimum absolute atomic E-state index is 0. The summed E-state index contributed by atoms with van der Waals surface area (Å²) in [5, 5.41) is 0. The summed E-state index contributed by atoms with van der Waals surface area (Å²) in [6.07, 6.45) is 0. The van der Waals surface area contributed by atoms with E-state index < -0.39 is 0 Å². The Labute approximate surface area is 125 Å². The molecule has 1 aliphatic heterocycles. The fourth-order valence-corrected chi connectivity index (χ4v) is 3.42. The van der Waals surface area contributed by atoms with E-state index in [4.69, 9.17) is 0 Å². The zero-order chi connectivity index (χ0) is 7.02. The second kappa shape index (κ2) is 10.3. The van der Waals surface area contributed by atoms with E-state index in [2.05, 4.69) is 27.7 Å². The normalized spacial score (nSPS) is 14.5. The zero-order valence-electron chi connectivity index (χ0n) is 8.17. The quantitative estimate of drug-likeness (QED) is 0.445. The van der Waals surface area contributed by atoms with Crippen LogP contribution in [0, 0.1) is 4.71 Å². The van der Waals surface area contributed by atoms with Crippen molar-refractivity contribution in [3.05, 3.63) is 15.9 Å². The molecule has 13 heavy (non-hydrogen) atoms. The van der Waals surface area contributed by atoms with Crippen LogP contribution >= 0.6 is 37.2 Å². The minimum Gasteiger partial charge on any atom is -0.147 e. The van der Waals surface area contributed by atoms with E-state index in [1.54, 1.807) is 20.2 Å². The molecule has 0 radical (unpaired) electrons. The van der Waals surface area contributed by atoms with E-state index in [0.717, 1.165) is 0 Å². The molecule has 5 heteroatoms. The summed E-state index contributed by atoms with van der Waals surface area (Å²) in [6.45, 7) is 8.98. The molecule has 1 rings (SSSR count). The molecule has 0 saturated heterocycles. The predicted molar refractivity (Wildman–Crippen MR) is 65.5 cm³/mol. The topological polar surface area (TPSA) is 0 Å². The predicted octanol–water partition coefficient (Wildman–Crippen LogP) is 3.05. The maximum atomic E-state index is 2.26. The zero-order valence-corrected chi connectivity index (χ0v) is 15.0. The van der Waals surface area contributed by atoms with Crippen LogP contribution in [0.25, 0.3) is 0 Å². The Bertz CT molecular complexity index is 202. The number of allylic oxidation sites excluding steroid dienone is 2. The van der Waals surface area contributed by atoms with Gasteiger partial charge < -0.3 is 0 Å². The van der Waals surface area contributed by atoms with Crippen molar-refractivity contribution >= 4 is 56.8 Å². The van der Waals surface area contributed by atoms with E-state index in [-0.39, 0.29) is 63.4 Å². The fourth-order valence-electron chi connectivity index (χ4n) is 0.962. The molecule has 0 amide bonds. The van der Waals surface area contributed by atoms with Gasteiger partial charge in [0.15, 0.2) is 0 Å². The van der Waals surface area contributed by atoms with Crippen LogP contribution in [0.4, 0.5) is 0 Å². The molecule has 1 heterocycles. The van der Waals surface area contributed by atoms with Crippen LogP contribution in [0.5, 0.6) is 0 Å². The molecule has 78 valence electrons. The molecule has 0 atom stereocenters. The number of hydrogen-bond acceptors (Lipinski definition) is 0. The van der Waals surface area contributed by atoms with Crippen LogP contribution in [0.15, 0.2) is 11.1 Å². The molecule has 0 bridgehead atoms. The standard InChI is InChI=1S/C8H12As.3ClH.Zr/c1-5-6(2)8(4)9-7(5)3;;;;/h1-4H3;3*1H;/q-1;;;;. The molecule has 0 aromatic heterocycles. The number of rotatable bonds is 0. The first-order chi connectivity index (χ1) is 4.13. The first kappa shape index (κ1) is 24.2. The van der Waals surface area contributed by atoms with Gasteiger partial charge in [-0.15, -0.1) is 37.2 Å². The molecule has 0 saturated carbocycles. The summed E-state index contributed by atoms with van der Waals surface area (Å²) in [7, 11) is 0. The smallest absolute Gasteiger partial charge is 0 e. The van der Waals surface area contributed by atoms with Crippen LogP contribution in [0.2, 0.25) is 0 Å². The third-order valence-electron chi connectivity index (χ3n) is 1.98. The molecule has 0 N–H and O–H groups in total. The first-order valence-corrected chi connectivity index (χ1v) is 5.07. The summed E-state index contributed by atoms with van der Waals surface area (Å²) in [5.74, 6) is 0. The first-order valence-electron chi connectivity index (χ1n) is 3.20. The van der Waals surface area contributed by atoms with Gasteiger partial charge in [-0.1, -0.05) is 0 Å². The summed E-state index contributed by atoms with van der Waals surface area (Å²) in [5.41, 5.74) is 3.10. The van der Waals surface area contributed by atoms with Gasteiger partial charge in [-0.2, -0.15) is 0 Å². The second-order valence-corrected chi connectivity index (χ2v) is 5.82. The van der Waals surface area contributed by atoms with E-state index in [0.29, 0.717) is 15.3 Å². The van der Waals surface area contributed by atoms with E-state index in [1.165, 1.54) is 0 Å². The minimum atomic E-state index is 0. The molecular weight excluding hydrogens is 369 g/mol. The van der Waals surface area contributed by atoms with Gasteiger partial charge in [0, 0.05) is 26.2 Å². The Balaban J connectivity index is -0.000000101. The summed E-state index contributed by atoms with van der Waals surface area (Å²) >= 11 is 0.430. The Kier molecular flexibility index (Phi) is 19.2. The van der Waals surface area contributed by atoms with Crippen molar-refractivity contribution in [2.45, 2.75) is 27.7 Å². The maximum Gasteiger partial charge on any atom is 0 e. The average Bonchev–Trinajstić information content (AvgIpc) is 1.98. The Hall–Kier alpha value is 1.79. The Morgan fingerprint density at radius 2 is 1.38 bits per heavy atom. The van der Waals surface area contributed by atoms with Gasteiger partial charge in [-0.05, 0) is 0 Å². The molecule has 0 unspecified atom stereocenters. The van der Waals surface area contributed by atoms with Crippen molar-refractivity contribution in [2.75, 3.05) is 0 Å². The van der Waals surface area contributed by atoms with Crippen LogP contribution in [-0.4, -0.2) is 19.6 Å². The number of hydrogen-bond donors (Lipinski definition) is 0. The molecule has 0 aliphatic carbocycles. The third kappa shape index (κ3) is 6.06. The van der Waals surface area contributed by atoms with Crippen LogP contribution in [0.1, 0.15) is 27.7 Å². The molecular formula is C8H15AsCl3Zr-. The van der Waals surface area contributed by atoms with Gasteiger partial charge in [0.2, 0.25) is 0 Å². The SMILES string of the molecule is CC1=[As][C-](C)C(C)=C1C.Cl.Cl.Cl.[Zr]. The molecule has 0 fully saturated rings. The van der Waals surface area contributed by atoms with E-state index >= 15 is 0 Å². The van der Waals surface area contributed by atoms with Gasteiger partial charge >= 0.3 is 63.2 Å². The maximum absolute atomic E-state index is 2.26.